The number of fused-ring (bicyclic) bond motifs is 4. The molecule has 0 radical (unpaired) electrons. The van der Waals surface area contributed by atoms with E-state index in [2.05, 4.69) is 26.3 Å². The number of aromatic amines is 1. The summed E-state index contributed by atoms with van der Waals surface area (Å²) in [6.07, 6.45) is 3.18. The van der Waals surface area contributed by atoms with Gasteiger partial charge in [0.05, 0.1) is 0 Å². The molecular formula is C26H25F2N5O2. The molecule has 6 rings (SSSR count). The molecule has 0 spiro atoms. The second kappa shape index (κ2) is 8.27. The molecule has 4 aromatic rings. The van der Waals surface area contributed by atoms with E-state index < -0.39 is 11.8 Å². The molecule has 180 valence electrons. The first-order chi connectivity index (χ1) is 16.8. The van der Waals surface area contributed by atoms with Crippen molar-refractivity contribution in [2.75, 3.05) is 0 Å². The molecule has 2 unspecified atom stereocenters. The fraction of sp³-hybridized carbons (Fsp3) is 0.346. The number of carbonyl (C=O) groups is 1. The number of benzene rings is 1. The number of H-pyrrole nitrogens is 1. The van der Waals surface area contributed by atoms with Crippen LogP contribution < -0.4 is 10.9 Å². The molecule has 9 heteroatoms. The first-order valence-electron chi connectivity index (χ1n) is 11.9. The topological polar surface area (TPSA) is 82.5 Å². The Morgan fingerprint density at radius 3 is 2.71 bits per heavy atom. The molecule has 7 nitrogen and oxygen atoms in total. The number of hydrogen-bond donors (Lipinski definition) is 2. The van der Waals surface area contributed by atoms with Crippen molar-refractivity contribution in [3.8, 4) is 0 Å². The molecular weight excluding hydrogens is 452 g/mol. The fourth-order valence-corrected chi connectivity index (χ4v) is 5.55. The van der Waals surface area contributed by atoms with Crippen LogP contribution in [0.5, 0.6) is 0 Å². The monoisotopic (exact) mass is 477 g/mol. The Bertz CT molecular complexity index is 1480. The second-order valence-electron chi connectivity index (χ2n) is 9.63. The Kier molecular flexibility index (Phi) is 5.17. The van der Waals surface area contributed by atoms with Crippen molar-refractivity contribution >= 4 is 22.5 Å². The van der Waals surface area contributed by atoms with E-state index in [4.69, 9.17) is 0 Å². The number of nitrogens with zero attached hydrogens (tertiary/aromatic N) is 3. The molecule has 2 N–H and O–H groups in total. The van der Waals surface area contributed by atoms with Gasteiger partial charge in [0, 0.05) is 61.5 Å². The van der Waals surface area contributed by atoms with Gasteiger partial charge >= 0.3 is 0 Å². The lowest BCUT2D eigenvalue weighted by Crippen LogP contribution is -2.46. The molecule has 0 saturated carbocycles. The summed E-state index contributed by atoms with van der Waals surface area (Å²) >= 11 is 0. The van der Waals surface area contributed by atoms with Crippen molar-refractivity contribution in [2.24, 2.45) is 0 Å². The highest BCUT2D eigenvalue weighted by Crippen LogP contribution is 2.44. The molecule has 1 amide bonds. The lowest BCUT2D eigenvalue weighted by atomic mass is 9.98. The summed E-state index contributed by atoms with van der Waals surface area (Å²) in [5, 5.41) is 3.87. The first-order valence-corrected chi connectivity index (χ1v) is 11.9. The number of halogens is 2. The van der Waals surface area contributed by atoms with Gasteiger partial charge in [-0.1, -0.05) is 18.2 Å². The number of aromatic nitrogens is 3. The SMILES string of the molecule is O=C(NCc1ccc2cc(CN3C4CCC3CC(F)(F)C4)[nH]c2c1)c1cc(=O)n2ccccc2n1. The predicted octanol–water partition coefficient (Wildman–Crippen LogP) is 3.87. The zero-order valence-electron chi connectivity index (χ0n) is 19.0. The maximum absolute atomic E-state index is 13.9. The lowest BCUT2D eigenvalue weighted by Gasteiger charge is -2.38. The average Bonchev–Trinajstić information content (AvgIpc) is 3.34. The van der Waals surface area contributed by atoms with Gasteiger partial charge in [0.15, 0.2) is 0 Å². The highest BCUT2D eigenvalue weighted by Gasteiger charge is 2.49. The summed E-state index contributed by atoms with van der Waals surface area (Å²) in [4.78, 5) is 34.8. The van der Waals surface area contributed by atoms with Crippen LogP contribution in [0.3, 0.4) is 0 Å². The Labute approximate surface area is 199 Å². The van der Waals surface area contributed by atoms with Crippen molar-refractivity contribution < 1.29 is 13.6 Å². The average molecular weight is 478 g/mol. The van der Waals surface area contributed by atoms with Gasteiger partial charge in [0.1, 0.15) is 11.3 Å². The summed E-state index contributed by atoms with van der Waals surface area (Å²) < 4.78 is 29.2. The highest BCUT2D eigenvalue weighted by molar-refractivity contribution is 5.92. The van der Waals surface area contributed by atoms with E-state index in [0.717, 1.165) is 35.0 Å². The van der Waals surface area contributed by atoms with Gasteiger partial charge in [-0.15, -0.1) is 0 Å². The largest absolute Gasteiger partial charge is 0.357 e. The highest BCUT2D eigenvalue weighted by atomic mass is 19.3. The molecule has 3 aromatic heterocycles. The van der Waals surface area contributed by atoms with E-state index in [-0.39, 0.29) is 42.7 Å². The zero-order valence-corrected chi connectivity index (χ0v) is 19.0. The van der Waals surface area contributed by atoms with Crippen molar-refractivity contribution in [1.82, 2.24) is 24.6 Å². The van der Waals surface area contributed by atoms with Crippen LogP contribution in [-0.2, 0) is 13.1 Å². The molecule has 5 heterocycles. The number of nitrogens with one attached hydrogen (secondary N) is 2. The van der Waals surface area contributed by atoms with E-state index in [1.807, 2.05) is 18.2 Å². The number of rotatable bonds is 5. The Balaban J connectivity index is 1.14. The van der Waals surface area contributed by atoms with Crippen LogP contribution in [0.1, 0.15) is 47.4 Å². The van der Waals surface area contributed by atoms with Gasteiger partial charge in [0.2, 0.25) is 0 Å². The van der Waals surface area contributed by atoms with Crippen LogP contribution in [0.15, 0.2) is 59.5 Å². The van der Waals surface area contributed by atoms with Crippen molar-refractivity contribution in [2.45, 2.75) is 56.8 Å². The molecule has 2 saturated heterocycles. The molecule has 2 aliphatic heterocycles. The van der Waals surface area contributed by atoms with Gasteiger partial charge in [0.25, 0.3) is 17.4 Å². The molecule has 35 heavy (non-hydrogen) atoms. The number of carbonyl (C=O) groups excluding carboxylic acids is 1. The minimum atomic E-state index is -2.54. The summed E-state index contributed by atoms with van der Waals surface area (Å²) in [6.45, 7) is 0.916. The Hall–Kier alpha value is -3.59. The van der Waals surface area contributed by atoms with Gasteiger partial charge in [-0.2, -0.15) is 0 Å². The molecule has 1 aromatic carbocycles. The molecule has 2 bridgehead atoms. The van der Waals surface area contributed by atoms with Gasteiger partial charge < -0.3 is 10.3 Å². The standard InChI is InChI=1S/C26H25F2N5O2/c27-26(28)12-19-6-7-20(13-26)33(19)15-18-10-17-5-4-16(9-21(17)30-18)14-29-25(35)22-11-24(34)32-8-2-1-3-23(32)31-22/h1-5,8-11,19-20,30H,6-7,12-15H2,(H,29,35). The number of pyridine rings is 1. The fourth-order valence-electron chi connectivity index (χ4n) is 5.55. The molecule has 0 aliphatic carbocycles. The quantitative estimate of drug-likeness (QED) is 0.457. The molecule has 2 fully saturated rings. The Morgan fingerprint density at radius 2 is 1.91 bits per heavy atom. The van der Waals surface area contributed by atoms with Crippen molar-refractivity contribution in [3.63, 3.8) is 0 Å². The van der Waals surface area contributed by atoms with Crippen LogP contribution in [0, 0.1) is 0 Å². The van der Waals surface area contributed by atoms with Crippen LogP contribution in [-0.4, -0.2) is 43.2 Å². The van der Waals surface area contributed by atoms with Gasteiger partial charge in [-0.3, -0.25) is 18.9 Å². The summed E-state index contributed by atoms with van der Waals surface area (Å²) in [5.41, 5.74) is 3.01. The maximum Gasteiger partial charge on any atom is 0.270 e. The van der Waals surface area contributed by atoms with E-state index in [9.17, 15) is 18.4 Å². The number of piperidine rings is 1. The normalized spacial score (nSPS) is 21.5. The first kappa shape index (κ1) is 21.9. The van der Waals surface area contributed by atoms with Crippen LogP contribution in [0.4, 0.5) is 8.78 Å². The van der Waals surface area contributed by atoms with E-state index in [0.29, 0.717) is 12.2 Å². The van der Waals surface area contributed by atoms with E-state index >= 15 is 0 Å². The van der Waals surface area contributed by atoms with E-state index in [1.165, 1.54) is 10.5 Å². The van der Waals surface area contributed by atoms with Crippen molar-refractivity contribution in [3.05, 3.63) is 82.0 Å². The third-order valence-electron chi connectivity index (χ3n) is 7.19. The maximum atomic E-state index is 13.9. The van der Waals surface area contributed by atoms with Crippen LogP contribution in [0.2, 0.25) is 0 Å². The minimum Gasteiger partial charge on any atom is -0.357 e. The zero-order chi connectivity index (χ0) is 24.2. The second-order valence-corrected chi connectivity index (χ2v) is 9.63. The third kappa shape index (κ3) is 4.20. The Morgan fingerprint density at radius 1 is 1.11 bits per heavy atom. The summed E-state index contributed by atoms with van der Waals surface area (Å²) in [6, 6.07) is 14.2. The number of amides is 1. The molecule has 2 atom stereocenters. The van der Waals surface area contributed by atoms with Gasteiger partial charge in [-0.25, -0.2) is 13.8 Å². The van der Waals surface area contributed by atoms with Crippen LogP contribution in [0.25, 0.3) is 16.6 Å². The summed E-state index contributed by atoms with van der Waals surface area (Å²) in [5.74, 6) is -2.96. The molecule has 2 aliphatic rings. The summed E-state index contributed by atoms with van der Waals surface area (Å²) in [7, 11) is 0. The lowest BCUT2D eigenvalue weighted by molar-refractivity contribution is -0.0850. The van der Waals surface area contributed by atoms with Crippen molar-refractivity contribution in [1.29, 1.82) is 0 Å². The van der Waals surface area contributed by atoms with Crippen LogP contribution >= 0.6 is 0 Å². The predicted molar refractivity (Wildman–Crippen MR) is 127 cm³/mol. The van der Waals surface area contributed by atoms with E-state index in [1.54, 1.807) is 24.4 Å². The minimum absolute atomic E-state index is 0.0494. The third-order valence-corrected chi connectivity index (χ3v) is 7.19. The smallest absolute Gasteiger partial charge is 0.270 e. The number of hydrogen-bond acceptors (Lipinski definition) is 4. The number of alkyl halides is 2. The van der Waals surface area contributed by atoms with Gasteiger partial charge in [-0.05, 0) is 48.1 Å².